The van der Waals surface area contributed by atoms with Crippen molar-refractivity contribution in [2.45, 2.75) is 0 Å². The Labute approximate surface area is 205 Å². The van der Waals surface area contributed by atoms with Gasteiger partial charge in [0.05, 0.1) is 36.1 Å². The van der Waals surface area contributed by atoms with Crippen LogP contribution in [0.4, 0.5) is 26.4 Å². The van der Waals surface area contributed by atoms with Crippen molar-refractivity contribution in [3.8, 4) is 11.5 Å². The Morgan fingerprint density at radius 3 is 2.60 bits per heavy atom. The summed E-state index contributed by atoms with van der Waals surface area (Å²) in [5, 5.41) is 5.56. The second-order valence-corrected chi connectivity index (χ2v) is 8.25. The standard InChI is InChI=1S/C25H21ClFN5O3/c26-16-2-1-3-17(12-16)29-25(33)31-21-6-4-18(13-20(21)27)35-19-5-7-22-23(14-19)30-24(15-28-22)32-8-10-34-11-9-32/h1-7,12-15H,8-11H2,(H2,29,31,33). The van der Waals surface area contributed by atoms with Gasteiger partial charge in [-0.05, 0) is 42.5 Å². The van der Waals surface area contributed by atoms with Gasteiger partial charge in [0.2, 0.25) is 0 Å². The first-order valence-electron chi connectivity index (χ1n) is 10.9. The Balaban J connectivity index is 1.27. The van der Waals surface area contributed by atoms with Crippen molar-refractivity contribution in [2.75, 3.05) is 41.8 Å². The number of hydrogen-bond acceptors (Lipinski definition) is 6. The first-order valence-corrected chi connectivity index (χ1v) is 11.3. The SMILES string of the molecule is O=C(Nc1cccc(Cl)c1)Nc1ccc(Oc2ccc3ncc(N4CCOCC4)nc3c2)cc1F. The average Bonchev–Trinajstić information content (AvgIpc) is 2.86. The van der Waals surface area contributed by atoms with Crippen LogP contribution >= 0.6 is 11.6 Å². The number of amides is 2. The van der Waals surface area contributed by atoms with Crippen LogP contribution in [0.25, 0.3) is 11.0 Å². The molecule has 1 aliphatic rings. The third-order valence-electron chi connectivity index (χ3n) is 5.34. The Morgan fingerprint density at radius 2 is 1.80 bits per heavy atom. The number of rotatable bonds is 5. The Bertz CT molecular complexity index is 1380. The summed E-state index contributed by atoms with van der Waals surface area (Å²) in [7, 11) is 0. The number of nitrogens with zero attached hydrogens (tertiary/aromatic N) is 3. The number of hydrogen-bond donors (Lipinski definition) is 2. The minimum atomic E-state index is -0.640. The quantitative estimate of drug-likeness (QED) is 0.371. The van der Waals surface area contributed by atoms with Gasteiger partial charge in [-0.3, -0.25) is 4.98 Å². The van der Waals surface area contributed by atoms with Crippen LogP contribution in [0, 0.1) is 5.82 Å². The van der Waals surface area contributed by atoms with E-state index in [0.717, 1.165) is 24.4 Å². The Hall–Kier alpha value is -3.95. The van der Waals surface area contributed by atoms with Crippen molar-refractivity contribution < 1.29 is 18.7 Å². The van der Waals surface area contributed by atoms with Gasteiger partial charge in [0.1, 0.15) is 23.1 Å². The van der Waals surface area contributed by atoms with E-state index in [-0.39, 0.29) is 11.4 Å². The predicted molar refractivity (Wildman–Crippen MR) is 133 cm³/mol. The number of carbonyl (C=O) groups is 1. The number of aromatic nitrogens is 2. The van der Waals surface area contributed by atoms with Gasteiger partial charge in [0.15, 0.2) is 0 Å². The molecule has 178 valence electrons. The number of ether oxygens (including phenoxy) is 2. The zero-order valence-corrected chi connectivity index (χ0v) is 19.3. The first kappa shape index (κ1) is 22.8. The van der Waals surface area contributed by atoms with Gasteiger partial charge in [-0.2, -0.15) is 0 Å². The zero-order chi connectivity index (χ0) is 24.2. The summed E-state index contributed by atoms with van der Waals surface area (Å²) in [5.74, 6) is 0.902. The van der Waals surface area contributed by atoms with Crippen LogP contribution in [0.1, 0.15) is 0 Å². The van der Waals surface area contributed by atoms with Gasteiger partial charge in [0, 0.05) is 35.9 Å². The maximum absolute atomic E-state index is 14.6. The Morgan fingerprint density at radius 1 is 1.00 bits per heavy atom. The molecule has 0 saturated carbocycles. The van der Waals surface area contributed by atoms with Crippen molar-refractivity contribution in [2.24, 2.45) is 0 Å². The summed E-state index contributed by atoms with van der Waals surface area (Å²) in [5.41, 5.74) is 1.90. The number of fused-ring (bicyclic) bond motifs is 1. The topological polar surface area (TPSA) is 88.6 Å². The van der Waals surface area contributed by atoms with Gasteiger partial charge in [-0.1, -0.05) is 17.7 Å². The number of morpholine rings is 1. The number of halogens is 2. The van der Waals surface area contributed by atoms with E-state index in [1.807, 2.05) is 0 Å². The number of benzene rings is 3. The first-order chi connectivity index (χ1) is 17.0. The number of nitrogens with one attached hydrogen (secondary N) is 2. The predicted octanol–water partition coefficient (Wildman–Crippen LogP) is 5.70. The van der Waals surface area contributed by atoms with E-state index in [1.165, 1.54) is 12.1 Å². The van der Waals surface area contributed by atoms with Gasteiger partial charge < -0.3 is 25.0 Å². The molecule has 0 unspecified atom stereocenters. The number of anilines is 3. The number of urea groups is 1. The van der Waals surface area contributed by atoms with Crippen molar-refractivity contribution in [3.63, 3.8) is 0 Å². The molecule has 1 aromatic heterocycles. The average molecular weight is 494 g/mol. The maximum atomic E-state index is 14.6. The molecular weight excluding hydrogens is 473 g/mol. The van der Waals surface area contributed by atoms with Crippen LogP contribution in [0.2, 0.25) is 5.02 Å². The third-order valence-corrected chi connectivity index (χ3v) is 5.58. The summed E-state index contributed by atoms with van der Waals surface area (Å²) in [4.78, 5) is 23.5. The lowest BCUT2D eigenvalue weighted by atomic mass is 10.2. The highest BCUT2D eigenvalue weighted by molar-refractivity contribution is 6.30. The summed E-state index contributed by atoms with van der Waals surface area (Å²) in [6.07, 6.45) is 1.75. The molecule has 1 fully saturated rings. The summed E-state index contributed by atoms with van der Waals surface area (Å²) in [6, 6.07) is 15.6. The van der Waals surface area contributed by atoms with Gasteiger partial charge in [-0.25, -0.2) is 14.2 Å². The van der Waals surface area contributed by atoms with Crippen LogP contribution in [-0.2, 0) is 4.74 Å². The smallest absolute Gasteiger partial charge is 0.323 e. The van der Waals surface area contributed by atoms with Gasteiger partial charge >= 0.3 is 6.03 Å². The number of carbonyl (C=O) groups excluding carboxylic acids is 1. The molecule has 2 amide bonds. The molecule has 0 spiro atoms. The van der Waals surface area contributed by atoms with Gasteiger partial charge in [-0.15, -0.1) is 0 Å². The minimum Gasteiger partial charge on any atom is -0.457 e. The monoisotopic (exact) mass is 493 g/mol. The van der Waals surface area contributed by atoms with Gasteiger partial charge in [0.25, 0.3) is 0 Å². The highest BCUT2D eigenvalue weighted by Crippen LogP contribution is 2.28. The van der Waals surface area contributed by atoms with Crippen molar-refractivity contribution >= 4 is 45.9 Å². The second kappa shape index (κ2) is 10.1. The molecule has 3 aromatic carbocycles. The molecule has 0 atom stereocenters. The van der Waals surface area contributed by atoms with Crippen molar-refractivity contribution in [1.82, 2.24) is 9.97 Å². The molecule has 0 bridgehead atoms. The van der Waals surface area contributed by atoms with E-state index in [2.05, 4.69) is 20.5 Å². The van der Waals surface area contributed by atoms with Crippen LogP contribution in [0.15, 0.2) is 66.9 Å². The summed E-state index contributed by atoms with van der Waals surface area (Å²) >= 11 is 5.91. The molecule has 2 heterocycles. The molecule has 10 heteroatoms. The lowest BCUT2D eigenvalue weighted by molar-refractivity contribution is 0.122. The lowest BCUT2D eigenvalue weighted by Crippen LogP contribution is -2.36. The molecule has 4 aromatic rings. The maximum Gasteiger partial charge on any atom is 0.323 e. The molecule has 5 rings (SSSR count). The molecular formula is C25H21ClFN5O3. The van der Waals surface area contributed by atoms with E-state index in [9.17, 15) is 9.18 Å². The molecule has 1 saturated heterocycles. The van der Waals surface area contributed by atoms with E-state index in [1.54, 1.807) is 54.7 Å². The normalized spacial score (nSPS) is 13.5. The molecule has 1 aliphatic heterocycles. The third kappa shape index (κ3) is 5.59. The van der Waals surface area contributed by atoms with E-state index < -0.39 is 11.8 Å². The van der Waals surface area contributed by atoms with E-state index in [4.69, 9.17) is 26.1 Å². The second-order valence-electron chi connectivity index (χ2n) is 7.81. The van der Waals surface area contributed by atoms with Crippen molar-refractivity contribution in [1.29, 1.82) is 0 Å². The molecule has 2 N–H and O–H groups in total. The fourth-order valence-corrected chi connectivity index (χ4v) is 3.83. The molecule has 8 nitrogen and oxygen atoms in total. The summed E-state index contributed by atoms with van der Waals surface area (Å²) < 4.78 is 25.9. The highest BCUT2D eigenvalue weighted by Gasteiger charge is 2.14. The van der Waals surface area contributed by atoms with E-state index >= 15 is 0 Å². The lowest BCUT2D eigenvalue weighted by Gasteiger charge is -2.27. The van der Waals surface area contributed by atoms with E-state index in [0.29, 0.717) is 35.2 Å². The van der Waals surface area contributed by atoms with Crippen molar-refractivity contribution in [3.05, 3.63) is 77.7 Å². The largest absolute Gasteiger partial charge is 0.457 e. The summed E-state index contributed by atoms with van der Waals surface area (Å²) in [6.45, 7) is 2.82. The minimum absolute atomic E-state index is 0.0106. The zero-order valence-electron chi connectivity index (χ0n) is 18.5. The fraction of sp³-hybridized carbons (Fsp3) is 0.160. The van der Waals surface area contributed by atoms with Crippen LogP contribution in [-0.4, -0.2) is 42.3 Å². The highest BCUT2D eigenvalue weighted by atomic mass is 35.5. The van der Waals surface area contributed by atoms with Crippen LogP contribution < -0.4 is 20.3 Å². The fourth-order valence-electron chi connectivity index (χ4n) is 3.64. The van der Waals surface area contributed by atoms with Crippen LogP contribution in [0.3, 0.4) is 0 Å². The molecule has 0 aliphatic carbocycles. The Kier molecular flexibility index (Phi) is 6.60. The molecule has 35 heavy (non-hydrogen) atoms. The molecule has 0 radical (unpaired) electrons. The van der Waals surface area contributed by atoms with Crippen LogP contribution in [0.5, 0.6) is 11.5 Å².